The van der Waals surface area contributed by atoms with Crippen LogP contribution < -0.4 is 0 Å². The van der Waals surface area contributed by atoms with Crippen molar-refractivity contribution in [1.29, 1.82) is 0 Å². The fourth-order valence-corrected chi connectivity index (χ4v) is 3.35. The summed E-state index contributed by atoms with van der Waals surface area (Å²) in [5, 5.41) is 18.0. The number of thioether (sulfide) groups is 2. The van der Waals surface area contributed by atoms with Crippen molar-refractivity contribution in [2.75, 3.05) is 17.8 Å². The predicted molar refractivity (Wildman–Crippen MR) is 77.9 cm³/mol. The van der Waals surface area contributed by atoms with Gasteiger partial charge < -0.3 is 9.67 Å². The van der Waals surface area contributed by atoms with Crippen LogP contribution in [-0.4, -0.2) is 43.6 Å². The molecular formula is C12H19N3O2S2. The molecule has 1 saturated carbocycles. The average Bonchev–Trinajstić information content (AvgIpc) is 3.11. The van der Waals surface area contributed by atoms with E-state index in [0.717, 1.165) is 23.3 Å². The Kier molecular flexibility index (Phi) is 5.15. The first-order valence-corrected chi connectivity index (χ1v) is 8.76. The van der Waals surface area contributed by atoms with Gasteiger partial charge in [0.1, 0.15) is 5.82 Å². The summed E-state index contributed by atoms with van der Waals surface area (Å²) in [7, 11) is 0. The van der Waals surface area contributed by atoms with Crippen LogP contribution in [-0.2, 0) is 11.3 Å². The molecule has 1 atom stereocenters. The Morgan fingerprint density at radius 1 is 1.53 bits per heavy atom. The average molecular weight is 301 g/mol. The monoisotopic (exact) mass is 301 g/mol. The lowest BCUT2D eigenvalue weighted by Crippen LogP contribution is -2.14. The smallest absolute Gasteiger partial charge is 0.313 e. The third-order valence-electron chi connectivity index (χ3n) is 2.96. The first-order valence-electron chi connectivity index (χ1n) is 6.38. The van der Waals surface area contributed by atoms with Gasteiger partial charge in [0.2, 0.25) is 0 Å². The van der Waals surface area contributed by atoms with Crippen molar-refractivity contribution >= 4 is 29.5 Å². The van der Waals surface area contributed by atoms with Crippen molar-refractivity contribution < 1.29 is 9.90 Å². The Balaban J connectivity index is 2.10. The van der Waals surface area contributed by atoms with Crippen molar-refractivity contribution in [1.82, 2.24) is 14.8 Å². The maximum Gasteiger partial charge on any atom is 0.313 e. The van der Waals surface area contributed by atoms with Crippen LogP contribution in [0.1, 0.15) is 31.5 Å². The van der Waals surface area contributed by atoms with E-state index in [1.54, 1.807) is 0 Å². The van der Waals surface area contributed by atoms with E-state index >= 15 is 0 Å². The van der Waals surface area contributed by atoms with E-state index in [1.165, 1.54) is 24.6 Å². The van der Waals surface area contributed by atoms with Gasteiger partial charge in [-0.25, -0.2) is 0 Å². The molecule has 2 rings (SSSR count). The standard InChI is InChI=1S/C12H19N3O2S2/c1-8(6-18-2)5-15-11(9-3-4-9)13-14-12(15)19-7-10(16)17/h8-9H,3-7H2,1-2H3,(H,16,17). The Morgan fingerprint density at radius 2 is 2.26 bits per heavy atom. The summed E-state index contributed by atoms with van der Waals surface area (Å²) in [5.41, 5.74) is 0. The number of carboxylic acid groups (broad SMARTS) is 1. The molecule has 0 aliphatic heterocycles. The van der Waals surface area contributed by atoms with Crippen molar-refractivity contribution in [3.05, 3.63) is 5.82 Å². The number of nitrogens with zero attached hydrogens (tertiary/aromatic N) is 3. The molecule has 0 saturated heterocycles. The minimum absolute atomic E-state index is 0.0414. The van der Waals surface area contributed by atoms with E-state index in [2.05, 4.69) is 27.9 Å². The maximum absolute atomic E-state index is 10.7. The molecule has 1 unspecified atom stereocenters. The summed E-state index contributed by atoms with van der Waals surface area (Å²) < 4.78 is 2.13. The van der Waals surface area contributed by atoms with Gasteiger partial charge in [-0.05, 0) is 30.8 Å². The van der Waals surface area contributed by atoms with E-state index in [0.29, 0.717) is 11.8 Å². The highest BCUT2D eigenvalue weighted by Gasteiger charge is 2.30. The Labute approximate surface area is 121 Å². The van der Waals surface area contributed by atoms with Crippen LogP contribution in [0, 0.1) is 5.92 Å². The van der Waals surface area contributed by atoms with Crippen LogP contribution in [0.5, 0.6) is 0 Å². The zero-order chi connectivity index (χ0) is 13.8. The number of hydrogen-bond acceptors (Lipinski definition) is 5. The van der Waals surface area contributed by atoms with E-state index < -0.39 is 5.97 Å². The molecule has 5 nitrogen and oxygen atoms in total. The van der Waals surface area contributed by atoms with Crippen LogP contribution in [0.3, 0.4) is 0 Å². The fourth-order valence-electron chi connectivity index (χ4n) is 2.00. The highest BCUT2D eigenvalue weighted by Crippen LogP contribution is 2.40. The second-order valence-electron chi connectivity index (χ2n) is 4.97. The fraction of sp³-hybridized carbons (Fsp3) is 0.750. The Hall–Kier alpha value is -0.690. The molecule has 0 aromatic carbocycles. The van der Waals surface area contributed by atoms with Gasteiger partial charge in [-0.2, -0.15) is 11.8 Å². The first kappa shape index (κ1) is 14.7. The summed E-state index contributed by atoms with van der Waals surface area (Å²) >= 11 is 3.09. The molecule has 1 heterocycles. The molecule has 0 bridgehead atoms. The molecule has 0 amide bonds. The highest BCUT2D eigenvalue weighted by molar-refractivity contribution is 7.99. The zero-order valence-electron chi connectivity index (χ0n) is 11.2. The lowest BCUT2D eigenvalue weighted by molar-refractivity contribution is -0.133. The molecule has 1 aliphatic carbocycles. The predicted octanol–water partition coefficient (Wildman–Crippen LogP) is 2.33. The normalized spacial score (nSPS) is 16.5. The number of aliphatic carboxylic acids is 1. The molecule has 1 aromatic rings. The molecule has 19 heavy (non-hydrogen) atoms. The van der Waals surface area contributed by atoms with Crippen LogP contribution in [0.2, 0.25) is 0 Å². The summed E-state index contributed by atoms with van der Waals surface area (Å²) in [4.78, 5) is 10.7. The topological polar surface area (TPSA) is 68.0 Å². The molecule has 106 valence electrons. The minimum Gasteiger partial charge on any atom is -0.481 e. The van der Waals surface area contributed by atoms with Crippen LogP contribution in [0.15, 0.2) is 5.16 Å². The summed E-state index contributed by atoms with van der Waals surface area (Å²) in [6.45, 7) is 3.08. The van der Waals surface area contributed by atoms with Gasteiger partial charge in [-0.3, -0.25) is 4.79 Å². The lowest BCUT2D eigenvalue weighted by Gasteiger charge is -2.14. The molecule has 1 aliphatic rings. The molecule has 7 heteroatoms. The van der Waals surface area contributed by atoms with Crippen molar-refractivity contribution in [2.45, 2.75) is 37.4 Å². The Bertz CT molecular complexity index is 446. The number of carboxylic acids is 1. The third-order valence-corrected chi connectivity index (χ3v) is 4.81. The molecule has 1 N–H and O–H groups in total. The SMILES string of the molecule is CSCC(C)Cn1c(SCC(=O)O)nnc1C1CC1. The van der Waals surface area contributed by atoms with Gasteiger partial charge in [-0.15, -0.1) is 10.2 Å². The van der Waals surface area contributed by atoms with Gasteiger partial charge in [0, 0.05) is 12.5 Å². The number of carbonyl (C=O) groups is 1. The first-order chi connectivity index (χ1) is 9.11. The molecule has 0 spiro atoms. The number of aromatic nitrogens is 3. The van der Waals surface area contributed by atoms with E-state index in [-0.39, 0.29) is 5.75 Å². The molecule has 1 fully saturated rings. The summed E-state index contributed by atoms with van der Waals surface area (Å²) in [6, 6.07) is 0. The molecule has 0 radical (unpaired) electrons. The second kappa shape index (κ2) is 6.65. The van der Waals surface area contributed by atoms with Gasteiger partial charge in [-0.1, -0.05) is 18.7 Å². The van der Waals surface area contributed by atoms with Crippen molar-refractivity contribution in [2.24, 2.45) is 5.92 Å². The van der Waals surface area contributed by atoms with Gasteiger partial charge in [0.05, 0.1) is 5.75 Å². The van der Waals surface area contributed by atoms with Crippen LogP contribution >= 0.6 is 23.5 Å². The lowest BCUT2D eigenvalue weighted by atomic mass is 10.2. The summed E-state index contributed by atoms with van der Waals surface area (Å²) in [6.07, 6.45) is 4.46. The van der Waals surface area contributed by atoms with Crippen LogP contribution in [0.4, 0.5) is 0 Å². The maximum atomic E-state index is 10.7. The largest absolute Gasteiger partial charge is 0.481 e. The highest BCUT2D eigenvalue weighted by atomic mass is 32.2. The van der Waals surface area contributed by atoms with Crippen molar-refractivity contribution in [3.63, 3.8) is 0 Å². The third kappa shape index (κ3) is 4.14. The van der Waals surface area contributed by atoms with E-state index in [9.17, 15) is 4.79 Å². The van der Waals surface area contributed by atoms with E-state index in [4.69, 9.17) is 5.11 Å². The van der Waals surface area contributed by atoms with Gasteiger partial charge in [0.25, 0.3) is 0 Å². The summed E-state index contributed by atoms with van der Waals surface area (Å²) in [5.74, 6) is 2.43. The Morgan fingerprint density at radius 3 is 2.84 bits per heavy atom. The zero-order valence-corrected chi connectivity index (χ0v) is 12.8. The minimum atomic E-state index is -0.815. The second-order valence-corrected chi connectivity index (χ2v) is 6.82. The number of rotatable bonds is 8. The van der Waals surface area contributed by atoms with Crippen molar-refractivity contribution in [3.8, 4) is 0 Å². The molecule has 1 aromatic heterocycles. The molecular weight excluding hydrogens is 282 g/mol. The van der Waals surface area contributed by atoms with E-state index in [1.807, 2.05) is 11.8 Å². The van der Waals surface area contributed by atoms with Crippen LogP contribution in [0.25, 0.3) is 0 Å². The number of hydrogen-bond donors (Lipinski definition) is 1. The van der Waals surface area contributed by atoms with Gasteiger partial charge >= 0.3 is 5.97 Å². The quantitative estimate of drug-likeness (QED) is 0.743. The van der Waals surface area contributed by atoms with Gasteiger partial charge in [0.15, 0.2) is 5.16 Å².